The van der Waals surface area contributed by atoms with E-state index in [4.69, 9.17) is 22.1 Å². The number of rotatable bonds is 3. The molecule has 1 aromatic heterocycles. The lowest BCUT2D eigenvalue weighted by Crippen LogP contribution is -2.12. The van der Waals surface area contributed by atoms with Crippen LogP contribution in [0.4, 0.5) is 4.79 Å². The number of carbonyl (C=O) groups is 1. The first-order valence-corrected chi connectivity index (χ1v) is 5.68. The van der Waals surface area contributed by atoms with E-state index in [0.717, 1.165) is 16.9 Å². The third-order valence-corrected chi connectivity index (χ3v) is 2.62. The van der Waals surface area contributed by atoms with Crippen molar-refractivity contribution >= 4 is 17.7 Å². The monoisotopic (exact) mass is 265 g/mol. The average Bonchev–Trinajstić information content (AvgIpc) is 2.66. The summed E-state index contributed by atoms with van der Waals surface area (Å²) in [7, 11) is 0. The number of primary amides is 1. The van der Waals surface area contributed by atoms with Crippen molar-refractivity contribution in [2.45, 2.75) is 13.5 Å². The highest BCUT2D eigenvalue weighted by Gasteiger charge is 2.05. The van der Waals surface area contributed by atoms with E-state index in [1.54, 1.807) is 10.7 Å². The first-order valence-electron chi connectivity index (χ1n) is 5.30. The van der Waals surface area contributed by atoms with Crippen LogP contribution in [0.25, 0.3) is 5.69 Å². The first-order chi connectivity index (χ1) is 8.56. The van der Waals surface area contributed by atoms with Crippen LogP contribution >= 0.6 is 11.6 Å². The van der Waals surface area contributed by atoms with Crippen LogP contribution in [0.2, 0.25) is 5.15 Å². The summed E-state index contributed by atoms with van der Waals surface area (Å²) in [6.07, 6.45) is -0.787. The number of nitrogens with two attached hydrogens (primary N) is 1. The molecule has 18 heavy (non-hydrogen) atoms. The van der Waals surface area contributed by atoms with E-state index < -0.39 is 6.09 Å². The quantitative estimate of drug-likeness (QED) is 0.926. The van der Waals surface area contributed by atoms with Gasteiger partial charge in [0.05, 0.1) is 11.4 Å². The van der Waals surface area contributed by atoms with E-state index in [9.17, 15) is 4.79 Å². The zero-order valence-corrected chi connectivity index (χ0v) is 10.5. The van der Waals surface area contributed by atoms with Crippen LogP contribution in [-0.2, 0) is 11.3 Å². The maximum atomic E-state index is 10.5. The first kappa shape index (κ1) is 12.4. The van der Waals surface area contributed by atoms with Crippen molar-refractivity contribution in [1.82, 2.24) is 9.78 Å². The van der Waals surface area contributed by atoms with Gasteiger partial charge in [-0.25, -0.2) is 9.48 Å². The lowest BCUT2D eigenvalue weighted by molar-refractivity contribution is 0.150. The van der Waals surface area contributed by atoms with E-state index in [2.05, 4.69) is 5.10 Å². The number of amides is 1. The van der Waals surface area contributed by atoms with E-state index in [0.29, 0.717) is 5.15 Å². The summed E-state index contributed by atoms with van der Waals surface area (Å²) in [6, 6.07) is 9.12. The SMILES string of the molecule is Cc1cc(Cl)n(-c2ccc(COC(N)=O)cc2)n1. The fourth-order valence-corrected chi connectivity index (χ4v) is 1.83. The number of ether oxygens (including phenoxy) is 1. The second-order valence-electron chi connectivity index (χ2n) is 3.79. The molecule has 2 aromatic rings. The Kier molecular flexibility index (Phi) is 3.53. The van der Waals surface area contributed by atoms with Gasteiger partial charge in [0.2, 0.25) is 0 Å². The van der Waals surface area contributed by atoms with Gasteiger partial charge in [0, 0.05) is 0 Å². The topological polar surface area (TPSA) is 70.1 Å². The summed E-state index contributed by atoms with van der Waals surface area (Å²) >= 11 is 6.04. The molecule has 0 bridgehead atoms. The molecule has 5 nitrogen and oxygen atoms in total. The van der Waals surface area contributed by atoms with Gasteiger partial charge in [-0.3, -0.25) is 0 Å². The van der Waals surface area contributed by atoms with Gasteiger partial charge in [-0.15, -0.1) is 0 Å². The molecule has 0 atom stereocenters. The molecule has 0 aliphatic rings. The Morgan fingerprint density at radius 3 is 2.61 bits per heavy atom. The van der Waals surface area contributed by atoms with Crippen molar-refractivity contribution in [3.63, 3.8) is 0 Å². The highest BCUT2D eigenvalue weighted by Crippen LogP contribution is 2.17. The Labute approximate surface area is 109 Å². The third-order valence-electron chi connectivity index (χ3n) is 2.35. The number of nitrogens with zero attached hydrogens (tertiary/aromatic N) is 2. The summed E-state index contributed by atoms with van der Waals surface area (Å²) < 4.78 is 6.33. The summed E-state index contributed by atoms with van der Waals surface area (Å²) in [4.78, 5) is 10.5. The fraction of sp³-hybridized carbons (Fsp3) is 0.167. The lowest BCUT2D eigenvalue weighted by atomic mass is 10.2. The molecule has 1 amide bonds. The van der Waals surface area contributed by atoms with Crippen LogP contribution in [0.1, 0.15) is 11.3 Å². The van der Waals surface area contributed by atoms with Crippen molar-refractivity contribution in [3.05, 3.63) is 46.7 Å². The van der Waals surface area contributed by atoms with Gasteiger partial charge in [0.1, 0.15) is 11.8 Å². The fourth-order valence-electron chi connectivity index (χ4n) is 1.54. The van der Waals surface area contributed by atoms with E-state index in [1.807, 2.05) is 31.2 Å². The van der Waals surface area contributed by atoms with Crippen LogP contribution < -0.4 is 5.73 Å². The maximum absolute atomic E-state index is 10.5. The van der Waals surface area contributed by atoms with E-state index >= 15 is 0 Å². The Morgan fingerprint density at radius 1 is 1.44 bits per heavy atom. The van der Waals surface area contributed by atoms with Crippen LogP contribution in [0.15, 0.2) is 30.3 Å². The smallest absolute Gasteiger partial charge is 0.404 e. The minimum absolute atomic E-state index is 0.154. The highest BCUT2D eigenvalue weighted by molar-refractivity contribution is 6.29. The molecule has 6 heteroatoms. The minimum atomic E-state index is -0.787. The Hall–Kier alpha value is -2.01. The largest absolute Gasteiger partial charge is 0.445 e. The van der Waals surface area contributed by atoms with Crippen LogP contribution in [0, 0.1) is 6.92 Å². The number of halogens is 1. The molecule has 1 heterocycles. The number of aromatic nitrogens is 2. The van der Waals surface area contributed by atoms with Gasteiger partial charge < -0.3 is 10.5 Å². The van der Waals surface area contributed by atoms with E-state index in [1.165, 1.54) is 0 Å². The molecule has 0 saturated heterocycles. The van der Waals surface area contributed by atoms with Gasteiger partial charge in [0.15, 0.2) is 0 Å². The van der Waals surface area contributed by atoms with Gasteiger partial charge >= 0.3 is 6.09 Å². The number of benzene rings is 1. The van der Waals surface area contributed by atoms with Gasteiger partial charge in [-0.1, -0.05) is 23.7 Å². The zero-order valence-electron chi connectivity index (χ0n) is 9.76. The molecule has 0 spiro atoms. The van der Waals surface area contributed by atoms with Gasteiger partial charge in [0.25, 0.3) is 0 Å². The lowest BCUT2D eigenvalue weighted by Gasteiger charge is -2.05. The minimum Gasteiger partial charge on any atom is -0.445 e. The number of aryl methyl sites for hydroxylation is 1. The predicted molar refractivity (Wildman–Crippen MR) is 67.7 cm³/mol. The third kappa shape index (κ3) is 2.81. The molecule has 0 fully saturated rings. The second-order valence-corrected chi connectivity index (χ2v) is 4.18. The van der Waals surface area contributed by atoms with Crippen molar-refractivity contribution in [3.8, 4) is 5.69 Å². The molecule has 2 rings (SSSR count). The van der Waals surface area contributed by atoms with Crippen LogP contribution in [0.3, 0.4) is 0 Å². The van der Waals surface area contributed by atoms with Crippen molar-refractivity contribution < 1.29 is 9.53 Å². The molecule has 0 unspecified atom stereocenters. The molecule has 0 saturated carbocycles. The number of hydrogen-bond donors (Lipinski definition) is 1. The molecular formula is C12H12ClN3O2. The normalized spacial score (nSPS) is 10.3. The van der Waals surface area contributed by atoms with Crippen LogP contribution in [0.5, 0.6) is 0 Å². The molecule has 0 radical (unpaired) electrons. The molecular weight excluding hydrogens is 254 g/mol. The average molecular weight is 266 g/mol. The molecule has 1 aromatic carbocycles. The Balaban J connectivity index is 2.17. The summed E-state index contributed by atoms with van der Waals surface area (Å²) in [6.45, 7) is 2.03. The van der Waals surface area contributed by atoms with Crippen molar-refractivity contribution in [2.75, 3.05) is 0 Å². The van der Waals surface area contributed by atoms with Crippen LogP contribution in [-0.4, -0.2) is 15.9 Å². The highest BCUT2D eigenvalue weighted by atomic mass is 35.5. The molecule has 2 N–H and O–H groups in total. The summed E-state index contributed by atoms with van der Waals surface area (Å²) in [5.41, 5.74) is 7.43. The number of hydrogen-bond acceptors (Lipinski definition) is 3. The second kappa shape index (κ2) is 5.10. The molecule has 0 aliphatic carbocycles. The summed E-state index contributed by atoms with van der Waals surface area (Å²) in [5, 5.41) is 4.81. The molecule has 94 valence electrons. The Bertz CT molecular complexity index is 563. The van der Waals surface area contributed by atoms with Crippen molar-refractivity contribution in [2.24, 2.45) is 5.73 Å². The van der Waals surface area contributed by atoms with Gasteiger partial charge in [-0.05, 0) is 30.7 Å². The van der Waals surface area contributed by atoms with Gasteiger partial charge in [-0.2, -0.15) is 5.10 Å². The van der Waals surface area contributed by atoms with Crippen molar-refractivity contribution in [1.29, 1.82) is 0 Å². The molecule has 0 aliphatic heterocycles. The van der Waals surface area contributed by atoms with E-state index in [-0.39, 0.29) is 6.61 Å². The summed E-state index contributed by atoms with van der Waals surface area (Å²) in [5.74, 6) is 0. The Morgan fingerprint density at radius 2 is 2.11 bits per heavy atom. The standard InChI is InChI=1S/C12H12ClN3O2/c1-8-6-11(13)16(15-8)10-4-2-9(3-5-10)7-18-12(14)17/h2-6H,7H2,1H3,(H2,14,17). The number of carbonyl (C=O) groups excluding carboxylic acids is 1. The maximum Gasteiger partial charge on any atom is 0.404 e. The predicted octanol–water partition coefficient (Wildman–Crippen LogP) is 2.43. The zero-order chi connectivity index (χ0) is 13.1.